The summed E-state index contributed by atoms with van der Waals surface area (Å²) in [6, 6.07) is 9.69. The van der Waals surface area contributed by atoms with Crippen LogP contribution in [0.3, 0.4) is 0 Å². The lowest BCUT2D eigenvalue weighted by molar-refractivity contribution is -0.113. The van der Waals surface area contributed by atoms with Crippen molar-refractivity contribution in [3.8, 4) is 11.5 Å². The Morgan fingerprint density at radius 2 is 1.83 bits per heavy atom. The molecule has 0 aromatic heterocycles. The highest BCUT2D eigenvalue weighted by Crippen LogP contribution is 2.30. The number of rotatable bonds is 3. The number of methoxy groups -OCH3 is 1. The third-order valence-corrected chi connectivity index (χ3v) is 4.14. The van der Waals surface area contributed by atoms with Crippen LogP contribution in [-0.4, -0.2) is 19.6 Å². The van der Waals surface area contributed by atoms with E-state index in [1.165, 1.54) is 5.56 Å². The second-order valence-corrected chi connectivity index (χ2v) is 6.09. The van der Waals surface area contributed by atoms with Crippen molar-refractivity contribution < 1.29 is 14.3 Å². The Labute approximate surface area is 142 Å². The predicted molar refractivity (Wildman–Crippen MR) is 95.7 cm³/mol. The Morgan fingerprint density at radius 1 is 1.12 bits per heavy atom. The van der Waals surface area contributed by atoms with E-state index in [4.69, 9.17) is 9.47 Å². The monoisotopic (exact) mass is 323 g/mol. The smallest absolute Gasteiger partial charge is 0.255 e. The van der Waals surface area contributed by atoms with E-state index >= 15 is 0 Å². The van der Waals surface area contributed by atoms with Crippen LogP contribution in [0.15, 0.2) is 35.9 Å². The second kappa shape index (κ2) is 6.40. The fraction of sp³-hybridized carbons (Fsp3) is 0.250. The van der Waals surface area contributed by atoms with Gasteiger partial charge in [0, 0.05) is 11.3 Å². The van der Waals surface area contributed by atoms with E-state index in [0.717, 1.165) is 33.9 Å². The zero-order valence-electron chi connectivity index (χ0n) is 14.4. The predicted octanol–water partition coefficient (Wildman–Crippen LogP) is 4.03. The maximum atomic E-state index is 12.6. The molecule has 0 bridgehead atoms. The van der Waals surface area contributed by atoms with Crippen LogP contribution in [0.25, 0.3) is 6.08 Å². The topological polar surface area (TPSA) is 47.6 Å². The number of anilines is 1. The molecule has 0 unspecified atom stereocenters. The summed E-state index contributed by atoms with van der Waals surface area (Å²) in [4.78, 5) is 12.6. The Balaban J connectivity index is 1.87. The van der Waals surface area contributed by atoms with Gasteiger partial charge in [-0.15, -0.1) is 0 Å². The van der Waals surface area contributed by atoms with Crippen LogP contribution in [0.1, 0.15) is 22.3 Å². The normalized spacial score (nSPS) is 12.8. The number of amides is 1. The standard InChI is InChI=1S/C20H21NO3/c1-12-7-13(2)19(14(3)8-12)21-20(22)16-9-15-10-17(23-4)5-6-18(15)24-11-16/h5-10H,11H2,1-4H3,(H,21,22). The molecule has 0 aliphatic carbocycles. The molecule has 124 valence electrons. The highest BCUT2D eigenvalue weighted by Gasteiger charge is 2.19. The average molecular weight is 323 g/mol. The summed E-state index contributed by atoms with van der Waals surface area (Å²) in [5.41, 5.74) is 5.60. The van der Waals surface area contributed by atoms with Gasteiger partial charge in [-0.1, -0.05) is 17.7 Å². The van der Waals surface area contributed by atoms with Crippen LogP contribution in [0, 0.1) is 20.8 Å². The van der Waals surface area contributed by atoms with Crippen molar-refractivity contribution >= 4 is 17.7 Å². The molecule has 0 spiro atoms. The quantitative estimate of drug-likeness (QED) is 0.927. The van der Waals surface area contributed by atoms with Crippen LogP contribution >= 0.6 is 0 Å². The van der Waals surface area contributed by atoms with E-state index in [-0.39, 0.29) is 12.5 Å². The molecule has 1 aliphatic rings. The molecular weight excluding hydrogens is 302 g/mol. The Bertz CT molecular complexity index is 814. The molecule has 2 aromatic carbocycles. The minimum atomic E-state index is -0.140. The van der Waals surface area contributed by atoms with Gasteiger partial charge in [-0.2, -0.15) is 0 Å². The van der Waals surface area contributed by atoms with Gasteiger partial charge in [0.25, 0.3) is 5.91 Å². The molecule has 24 heavy (non-hydrogen) atoms. The van der Waals surface area contributed by atoms with Gasteiger partial charge in [0.1, 0.15) is 18.1 Å². The van der Waals surface area contributed by atoms with Crippen molar-refractivity contribution in [3.05, 3.63) is 58.2 Å². The summed E-state index contributed by atoms with van der Waals surface area (Å²) in [7, 11) is 1.62. The summed E-state index contributed by atoms with van der Waals surface area (Å²) in [6.07, 6.45) is 1.86. The first kappa shape index (κ1) is 16.1. The fourth-order valence-electron chi connectivity index (χ4n) is 2.98. The number of aryl methyl sites for hydroxylation is 3. The van der Waals surface area contributed by atoms with Gasteiger partial charge in [0.2, 0.25) is 0 Å². The third kappa shape index (κ3) is 3.13. The first-order chi connectivity index (χ1) is 11.5. The molecule has 1 aliphatic heterocycles. The van der Waals surface area contributed by atoms with E-state index in [9.17, 15) is 4.79 Å². The molecule has 0 saturated heterocycles. The van der Waals surface area contributed by atoms with Crippen molar-refractivity contribution in [1.29, 1.82) is 0 Å². The molecule has 1 heterocycles. The van der Waals surface area contributed by atoms with Crippen molar-refractivity contribution in [2.45, 2.75) is 20.8 Å². The molecule has 0 atom stereocenters. The minimum absolute atomic E-state index is 0.140. The number of hydrogen-bond donors (Lipinski definition) is 1. The SMILES string of the molecule is COc1ccc2c(c1)C=C(C(=O)Nc1c(C)cc(C)cc1C)CO2. The molecule has 3 rings (SSSR count). The molecule has 4 nitrogen and oxygen atoms in total. The minimum Gasteiger partial charge on any atom is -0.497 e. The Kier molecular flexibility index (Phi) is 4.30. The number of ether oxygens (including phenoxy) is 2. The molecule has 0 saturated carbocycles. The second-order valence-electron chi connectivity index (χ2n) is 6.09. The first-order valence-corrected chi connectivity index (χ1v) is 7.88. The lowest BCUT2D eigenvalue weighted by atomic mass is 10.0. The number of carbonyl (C=O) groups is 1. The van der Waals surface area contributed by atoms with E-state index in [2.05, 4.69) is 17.4 Å². The van der Waals surface area contributed by atoms with E-state index in [0.29, 0.717) is 5.57 Å². The fourth-order valence-corrected chi connectivity index (χ4v) is 2.98. The number of carbonyl (C=O) groups excluding carboxylic acids is 1. The summed E-state index contributed by atoms with van der Waals surface area (Å²) < 4.78 is 10.9. The zero-order chi connectivity index (χ0) is 17.3. The molecule has 1 N–H and O–H groups in total. The lowest BCUT2D eigenvalue weighted by Gasteiger charge is -2.19. The van der Waals surface area contributed by atoms with Gasteiger partial charge in [-0.25, -0.2) is 0 Å². The van der Waals surface area contributed by atoms with Crippen molar-refractivity contribution in [1.82, 2.24) is 0 Å². The van der Waals surface area contributed by atoms with E-state index in [1.807, 2.05) is 45.0 Å². The number of fused-ring (bicyclic) bond motifs is 1. The maximum Gasteiger partial charge on any atom is 0.255 e. The van der Waals surface area contributed by atoms with Crippen molar-refractivity contribution in [3.63, 3.8) is 0 Å². The number of nitrogens with one attached hydrogen (secondary N) is 1. The molecule has 0 radical (unpaired) electrons. The number of hydrogen-bond acceptors (Lipinski definition) is 3. The molecular formula is C20H21NO3. The van der Waals surface area contributed by atoms with Gasteiger partial charge in [0.05, 0.1) is 12.7 Å². The van der Waals surface area contributed by atoms with Crippen molar-refractivity contribution in [2.24, 2.45) is 0 Å². The molecule has 1 amide bonds. The van der Waals surface area contributed by atoms with Crippen molar-refractivity contribution in [2.75, 3.05) is 19.0 Å². The zero-order valence-corrected chi connectivity index (χ0v) is 14.4. The van der Waals surface area contributed by atoms with Gasteiger partial charge in [0.15, 0.2) is 0 Å². The largest absolute Gasteiger partial charge is 0.497 e. The highest BCUT2D eigenvalue weighted by molar-refractivity contribution is 6.08. The average Bonchev–Trinajstić information content (AvgIpc) is 2.56. The lowest BCUT2D eigenvalue weighted by Crippen LogP contribution is -2.22. The molecule has 4 heteroatoms. The summed E-state index contributed by atoms with van der Waals surface area (Å²) in [5.74, 6) is 1.36. The summed E-state index contributed by atoms with van der Waals surface area (Å²) >= 11 is 0. The van der Waals surface area contributed by atoms with Crippen LogP contribution < -0.4 is 14.8 Å². The van der Waals surface area contributed by atoms with Crippen LogP contribution in [0.5, 0.6) is 11.5 Å². The van der Waals surface area contributed by atoms with Gasteiger partial charge < -0.3 is 14.8 Å². The Hall–Kier alpha value is -2.75. The van der Waals surface area contributed by atoms with Crippen LogP contribution in [0.4, 0.5) is 5.69 Å². The van der Waals surface area contributed by atoms with Gasteiger partial charge in [-0.05, 0) is 56.2 Å². The maximum absolute atomic E-state index is 12.6. The number of benzene rings is 2. The van der Waals surface area contributed by atoms with Crippen LogP contribution in [0.2, 0.25) is 0 Å². The van der Waals surface area contributed by atoms with Gasteiger partial charge in [-0.3, -0.25) is 4.79 Å². The highest BCUT2D eigenvalue weighted by atomic mass is 16.5. The van der Waals surface area contributed by atoms with E-state index < -0.39 is 0 Å². The third-order valence-electron chi connectivity index (χ3n) is 4.14. The van der Waals surface area contributed by atoms with Crippen LogP contribution in [-0.2, 0) is 4.79 Å². The molecule has 2 aromatic rings. The Morgan fingerprint density at radius 3 is 2.50 bits per heavy atom. The van der Waals surface area contributed by atoms with E-state index in [1.54, 1.807) is 7.11 Å². The summed E-state index contributed by atoms with van der Waals surface area (Å²) in [5, 5.41) is 3.02. The molecule has 0 fully saturated rings. The summed E-state index contributed by atoms with van der Waals surface area (Å²) in [6.45, 7) is 6.31. The van der Waals surface area contributed by atoms with Gasteiger partial charge >= 0.3 is 0 Å². The first-order valence-electron chi connectivity index (χ1n) is 7.88.